The summed E-state index contributed by atoms with van der Waals surface area (Å²) in [6.45, 7) is 3.16. The van der Waals surface area contributed by atoms with Gasteiger partial charge in [0.15, 0.2) is 0 Å². The van der Waals surface area contributed by atoms with Gasteiger partial charge in [0.25, 0.3) is 5.91 Å². The Hall–Kier alpha value is -3.22. The summed E-state index contributed by atoms with van der Waals surface area (Å²) in [7, 11) is 0. The van der Waals surface area contributed by atoms with Crippen molar-refractivity contribution in [2.45, 2.75) is 13.8 Å². The van der Waals surface area contributed by atoms with E-state index in [2.05, 4.69) is 10.6 Å². The predicted octanol–water partition coefficient (Wildman–Crippen LogP) is 3.21. The Bertz CT molecular complexity index is 820. The van der Waals surface area contributed by atoms with Crippen LogP contribution in [-0.4, -0.2) is 24.4 Å². The van der Waals surface area contributed by atoms with Gasteiger partial charge in [-0.05, 0) is 37.3 Å². The lowest BCUT2D eigenvalue weighted by Crippen LogP contribution is -2.17. The SMILES string of the molecule is CCOC(=O)c1ccccc1NC(=O)c1cc(NC(C)=O)ccc1F. The summed E-state index contributed by atoms with van der Waals surface area (Å²) in [5.74, 6) is -2.43. The number of para-hydroxylation sites is 1. The Morgan fingerprint density at radius 1 is 1.04 bits per heavy atom. The van der Waals surface area contributed by atoms with Crippen LogP contribution in [0.3, 0.4) is 0 Å². The second kappa shape index (κ2) is 8.05. The summed E-state index contributed by atoms with van der Waals surface area (Å²) in [6.07, 6.45) is 0. The lowest BCUT2D eigenvalue weighted by Gasteiger charge is -2.11. The first-order valence-electron chi connectivity index (χ1n) is 7.57. The molecule has 0 atom stereocenters. The molecule has 0 aromatic heterocycles. The number of carbonyl (C=O) groups excluding carboxylic acids is 3. The molecule has 130 valence electrons. The quantitative estimate of drug-likeness (QED) is 0.816. The Morgan fingerprint density at radius 2 is 1.76 bits per heavy atom. The number of esters is 1. The molecule has 0 saturated heterocycles. The third-order valence-electron chi connectivity index (χ3n) is 3.20. The maximum absolute atomic E-state index is 14.0. The van der Waals surface area contributed by atoms with Gasteiger partial charge in [-0.25, -0.2) is 9.18 Å². The molecule has 2 N–H and O–H groups in total. The van der Waals surface area contributed by atoms with Gasteiger partial charge in [0.05, 0.1) is 23.4 Å². The molecule has 2 rings (SSSR count). The van der Waals surface area contributed by atoms with Crippen molar-refractivity contribution in [3.8, 4) is 0 Å². The minimum atomic E-state index is -0.750. The number of amides is 2. The molecular weight excluding hydrogens is 327 g/mol. The highest BCUT2D eigenvalue weighted by Gasteiger charge is 2.17. The van der Waals surface area contributed by atoms with Crippen LogP contribution in [0.4, 0.5) is 15.8 Å². The Balaban J connectivity index is 2.29. The summed E-state index contributed by atoms with van der Waals surface area (Å²) in [5, 5.41) is 4.97. The van der Waals surface area contributed by atoms with E-state index in [0.717, 1.165) is 6.07 Å². The third-order valence-corrected chi connectivity index (χ3v) is 3.20. The maximum Gasteiger partial charge on any atom is 0.340 e. The van der Waals surface area contributed by atoms with Gasteiger partial charge >= 0.3 is 5.97 Å². The third kappa shape index (κ3) is 4.63. The van der Waals surface area contributed by atoms with E-state index in [1.54, 1.807) is 19.1 Å². The van der Waals surface area contributed by atoms with E-state index in [9.17, 15) is 18.8 Å². The van der Waals surface area contributed by atoms with E-state index in [4.69, 9.17) is 4.74 Å². The molecule has 0 aliphatic rings. The molecule has 0 bridgehead atoms. The van der Waals surface area contributed by atoms with Crippen LogP contribution in [0.25, 0.3) is 0 Å². The fourth-order valence-corrected chi connectivity index (χ4v) is 2.15. The molecule has 0 spiro atoms. The second-order valence-electron chi connectivity index (χ2n) is 5.10. The summed E-state index contributed by atoms with van der Waals surface area (Å²) in [4.78, 5) is 35.4. The number of nitrogens with one attached hydrogen (secondary N) is 2. The van der Waals surface area contributed by atoms with Crippen molar-refractivity contribution in [1.82, 2.24) is 0 Å². The van der Waals surface area contributed by atoms with Gasteiger partial charge in [0.2, 0.25) is 5.91 Å². The van der Waals surface area contributed by atoms with Crippen LogP contribution in [0.15, 0.2) is 42.5 Å². The van der Waals surface area contributed by atoms with Gasteiger partial charge in [-0.1, -0.05) is 12.1 Å². The monoisotopic (exact) mass is 344 g/mol. The van der Waals surface area contributed by atoms with E-state index in [-0.39, 0.29) is 35.0 Å². The minimum Gasteiger partial charge on any atom is -0.462 e. The zero-order valence-corrected chi connectivity index (χ0v) is 13.8. The molecule has 2 aromatic carbocycles. The predicted molar refractivity (Wildman–Crippen MR) is 91.1 cm³/mol. The molecule has 2 amide bonds. The van der Waals surface area contributed by atoms with Crippen LogP contribution in [0.2, 0.25) is 0 Å². The van der Waals surface area contributed by atoms with E-state index < -0.39 is 17.7 Å². The zero-order valence-electron chi connectivity index (χ0n) is 13.8. The molecule has 0 fully saturated rings. The molecule has 2 aromatic rings. The van der Waals surface area contributed by atoms with Crippen molar-refractivity contribution in [3.63, 3.8) is 0 Å². The molecule has 0 heterocycles. The standard InChI is InChI=1S/C18H17FN2O4/c1-3-25-18(24)13-6-4-5-7-16(13)21-17(23)14-10-12(20-11(2)22)8-9-15(14)19/h4-10H,3H2,1-2H3,(H,20,22)(H,21,23). The van der Waals surface area contributed by atoms with Crippen LogP contribution in [0, 0.1) is 5.82 Å². The van der Waals surface area contributed by atoms with Crippen molar-refractivity contribution in [2.75, 3.05) is 17.2 Å². The first-order valence-corrected chi connectivity index (χ1v) is 7.57. The van der Waals surface area contributed by atoms with Crippen LogP contribution in [0.5, 0.6) is 0 Å². The number of halogens is 1. The average molecular weight is 344 g/mol. The molecule has 7 heteroatoms. The molecule has 6 nitrogen and oxygen atoms in total. The Labute approximate surface area is 144 Å². The smallest absolute Gasteiger partial charge is 0.340 e. The van der Waals surface area contributed by atoms with E-state index in [1.807, 2.05) is 0 Å². The topological polar surface area (TPSA) is 84.5 Å². The Morgan fingerprint density at radius 3 is 2.44 bits per heavy atom. The van der Waals surface area contributed by atoms with Gasteiger partial charge in [-0.2, -0.15) is 0 Å². The van der Waals surface area contributed by atoms with Crippen molar-refractivity contribution in [1.29, 1.82) is 0 Å². The number of hydrogen-bond acceptors (Lipinski definition) is 4. The van der Waals surface area contributed by atoms with Gasteiger partial charge in [0, 0.05) is 12.6 Å². The highest BCUT2D eigenvalue weighted by molar-refractivity contribution is 6.08. The summed E-state index contributed by atoms with van der Waals surface area (Å²) in [6, 6.07) is 9.91. The first-order chi connectivity index (χ1) is 11.9. The lowest BCUT2D eigenvalue weighted by molar-refractivity contribution is -0.114. The lowest BCUT2D eigenvalue weighted by atomic mass is 10.1. The molecule has 0 saturated carbocycles. The zero-order chi connectivity index (χ0) is 18.4. The number of hydrogen-bond donors (Lipinski definition) is 2. The van der Waals surface area contributed by atoms with Gasteiger partial charge < -0.3 is 15.4 Å². The summed E-state index contributed by atoms with van der Waals surface area (Å²) < 4.78 is 18.9. The second-order valence-corrected chi connectivity index (χ2v) is 5.10. The summed E-state index contributed by atoms with van der Waals surface area (Å²) >= 11 is 0. The van der Waals surface area contributed by atoms with Crippen LogP contribution < -0.4 is 10.6 Å². The number of ether oxygens (including phenoxy) is 1. The highest BCUT2D eigenvalue weighted by Crippen LogP contribution is 2.20. The largest absolute Gasteiger partial charge is 0.462 e. The number of anilines is 2. The van der Waals surface area contributed by atoms with Crippen molar-refractivity contribution in [3.05, 3.63) is 59.4 Å². The Kier molecular flexibility index (Phi) is 5.84. The van der Waals surface area contributed by atoms with E-state index >= 15 is 0 Å². The fourth-order valence-electron chi connectivity index (χ4n) is 2.15. The normalized spacial score (nSPS) is 10.0. The van der Waals surface area contributed by atoms with Crippen LogP contribution in [-0.2, 0) is 9.53 Å². The molecule has 0 unspecified atom stereocenters. The van der Waals surface area contributed by atoms with Gasteiger partial charge in [0.1, 0.15) is 5.82 Å². The molecule has 0 aliphatic carbocycles. The van der Waals surface area contributed by atoms with Gasteiger partial charge in [-0.3, -0.25) is 9.59 Å². The number of carbonyl (C=O) groups is 3. The minimum absolute atomic E-state index is 0.163. The van der Waals surface area contributed by atoms with E-state index in [0.29, 0.717) is 0 Å². The summed E-state index contributed by atoms with van der Waals surface area (Å²) in [5.41, 5.74) is 0.397. The van der Waals surface area contributed by atoms with Gasteiger partial charge in [-0.15, -0.1) is 0 Å². The maximum atomic E-state index is 14.0. The van der Waals surface area contributed by atoms with E-state index in [1.165, 1.54) is 31.2 Å². The van der Waals surface area contributed by atoms with Crippen molar-refractivity contribution in [2.24, 2.45) is 0 Å². The van der Waals surface area contributed by atoms with Crippen LogP contribution in [0.1, 0.15) is 34.6 Å². The highest BCUT2D eigenvalue weighted by atomic mass is 19.1. The molecule has 0 aliphatic heterocycles. The first kappa shape index (κ1) is 18.1. The fraction of sp³-hybridized carbons (Fsp3) is 0.167. The number of rotatable bonds is 5. The van der Waals surface area contributed by atoms with Crippen molar-refractivity contribution < 1.29 is 23.5 Å². The van der Waals surface area contributed by atoms with Crippen molar-refractivity contribution >= 4 is 29.2 Å². The average Bonchev–Trinajstić information content (AvgIpc) is 2.56. The molecular formula is C18H17FN2O4. The van der Waals surface area contributed by atoms with Crippen LogP contribution >= 0.6 is 0 Å². The molecule has 0 radical (unpaired) electrons. The number of benzene rings is 2. The molecule has 25 heavy (non-hydrogen) atoms.